The molecule has 104 valence electrons. The van der Waals surface area contributed by atoms with E-state index in [2.05, 4.69) is 24.4 Å². The predicted molar refractivity (Wildman–Crippen MR) is 75.2 cm³/mol. The van der Waals surface area contributed by atoms with E-state index in [1.54, 1.807) is 0 Å². The van der Waals surface area contributed by atoms with E-state index < -0.39 is 0 Å². The maximum absolute atomic E-state index is 9.81. The SMILES string of the molecule is CC1COc2ccccc2C1NC1CCCC(O)C1. The number of para-hydroxylation sites is 1. The van der Waals surface area contributed by atoms with Crippen molar-refractivity contribution >= 4 is 0 Å². The van der Waals surface area contributed by atoms with Gasteiger partial charge in [0, 0.05) is 23.6 Å². The number of aliphatic hydroxyl groups excluding tert-OH is 1. The summed E-state index contributed by atoms with van der Waals surface area (Å²) in [5.74, 6) is 1.48. The maximum Gasteiger partial charge on any atom is 0.124 e. The van der Waals surface area contributed by atoms with E-state index in [-0.39, 0.29) is 6.10 Å². The number of aliphatic hydroxyl groups is 1. The van der Waals surface area contributed by atoms with Gasteiger partial charge in [0.05, 0.1) is 12.7 Å². The third kappa shape index (κ3) is 2.77. The van der Waals surface area contributed by atoms with Gasteiger partial charge >= 0.3 is 0 Å². The summed E-state index contributed by atoms with van der Waals surface area (Å²) in [6.07, 6.45) is 4.00. The van der Waals surface area contributed by atoms with Crippen LogP contribution in [-0.4, -0.2) is 23.9 Å². The molecule has 0 radical (unpaired) electrons. The standard InChI is InChI=1S/C16H23NO2/c1-11-10-19-15-8-3-2-7-14(15)16(11)17-12-5-4-6-13(18)9-12/h2-3,7-8,11-13,16-18H,4-6,9-10H2,1H3. The molecule has 1 heterocycles. The number of hydrogen-bond donors (Lipinski definition) is 2. The minimum atomic E-state index is -0.128. The van der Waals surface area contributed by atoms with Crippen LogP contribution in [0.5, 0.6) is 5.75 Å². The van der Waals surface area contributed by atoms with Gasteiger partial charge in [0.2, 0.25) is 0 Å². The van der Waals surface area contributed by atoms with Crippen LogP contribution in [0, 0.1) is 5.92 Å². The number of hydrogen-bond acceptors (Lipinski definition) is 3. The summed E-state index contributed by atoms with van der Waals surface area (Å²) in [4.78, 5) is 0. The first-order chi connectivity index (χ1) is 9.24. The Balaban J connectivity index is 1.76. The fraction of sp³-hybridized carbons (Fsp3) is 0.625. The quantitative estimate of drug-likeness (QED) is 0.860. The van der Waals surface area contributed by atoms with E-state index in [1.165, 1.54) is 12.0 Å². The van der Waals surface area contributed by atoms with Gasteiger partial charge < -0.3 is 15.2 Å². The Bertz CT molecular complexity index is 435. The molecule has 1 aromatic carbocycles. The van der Waals surface area contributed by atoms with Gasteiger partial charge in [-0.1, -0.05) is 25.1 Å². The second kappa shape index (κ2) is 5.51. The van der Waals surface area contributed by atoms with E-state index >= 15 is 0 Å². The second-order valence-electron chi connectivity index (χ2n) is 5.99. The van der Waals surface area contributed by atoms with Gasteiger partial charge in [0.25, 0.3) is 0 Å². The predicted octanol–water partition coefficient (Wildman–Crippen LogP) is 2.65. The van der Waals surface area contributed by atoms with E-state index in [0.717, 1.165) is 31.6 Å². The smallest absolute Gasteiger partial charge is 0.124 e. The lowest BCUT2D eigenvalue weighted by atomic mass is 9.87. The van der Waals surface area contributed by atoms with E-state index in [0.29, 0.717) is 18.0 Å². The third-order valence-corrected chi connectivity index (χ3v) is 4.39. The summed E-state index contributed by atoms with van der Waals surface area (Å²) in [5, 5.41) is 13.6. The minimum absolute atomic E-state index is 0.128. The molecule has 19 heavy (non-hydrogen) atoms. The van der Waals surface area contributed by atoms with E-state index in [9.17, 15) is 5.11 Å². The molecule has 0 bridgehead atoms. The van der Waals surface area contributed by atoms with Crippen LogP contribution in [0.15, 0.2) is 24.3 Å². The molecule has 0 saturated heterocycles. The van der Waals surface area contributed by atoms with Crippen LogP contribution in [0.1, 0.15) is 44.2 Å². The fourth-order valence-electron chi connectivity index (χ4n) is 3.32. The lowest BCUT2D eigenvalue weighted by Gasteiger charge is -2.37. The summed E-state index contributed by atoms with van der Waals surface area (Å²) in [7, 11) is 0. The molecule has 3 rings (SSSR count). The highest BCUT2D eigenvalue weighted by atomic mass is 16.5. The van der Waals surface area contributed by atoms with Gasteiger partial charge in [0.15, 0.2) is 0 Å². The van der Waals surface area contributed by atoms with E-state index in [1.807, 2.05) is 12.1 Å². The zero-order chi connectivity index (χ0) is 13.2. The molecule has 0 amide bonds. The number of nitrogens with one attached hydrogen (secondary N) is 1. The molecule has 0 spiro atoms. The number of benzene rings is 1. The first-order valence-corrected chi connectivity index (χ1v) is 7.40. The van der Waals surface area contributed by atoms with Crippen LogP contribution in [0.25, 0.3) is 0 Å². The van der Waals surface area contributed by atoms with Crippen LogP contribution in [0.3, 0.4) is 0 Å². The Morgan fingerprint density at radius 3 is 2.95 bits per heavy atom. The highest BCUT2D eigenvalue weighted by Gasteiger charge is 2.30. The van der Waals surface area contributed by atoms with Crippen molar-refractivity contribution in [3.63, 3.8) is 0 Å². The molecule has 2 N–H and O–H groups in total. The average molecular weight is 261 g/mol. The monoisotopic (exact) mass is 261 g/mol. The number of fused-ring (bicyclic) bond motifs is 1. The summed E-state index contributed by atoms with van der Waals surface area (Å²) in [6.45, 7) is 3.00. The van der Waals surface area contributed by atoms with Crippen molar-refractivity contribution in [3.8, 4) is 5.75 Å². The van der Waals surface area contributed by atoms with Crippen LogP contribution in [0.2, 0.25) is 0 Å². The highest BCUT2D eigenvalue weighted by molar-refractivity contribution is 5.38. The second-order valence-corrected chi connectivity index (χ2v) is 5.99. The first kappa shape index (κ1) is 12.9. The van der Waals surface area contributed by atoms with Gasteiger partial charge in [-0.2, -0.15) is 0 Å². The summed E-state index contributed by atoms with van der Waals surface area (Å²) < 4.78 is 5.79. The maximum atomic E-state index is 9.81. The molecular weight excluding hydrogens is 238 g/mol. The van der Waals surface area contributed by atoms with Gasteiger partial charge in [-0.05, 0) is 31.7 Å². The highest BCUT2D eigenvalue weighted by Crippen LogP contribution is 2.36. The van der Waals surface area contributed by atoms with E-state index in [4.69, 9.17) is 4.74 Å². The summed E-state index contributed by atoms with van der Waals surface area (Å²) in [6, 6.07) is 9.08. The molecule has 1 fully saturated rings. The van der Waals surface area contributed by atoms with Crippen molar-refractivity contribution in [2.24, 2.45) is 5.92 Å². The van der Waals surface area contributed by atoms with Crippen LogP contribution >= 0.6 is 0 Å². The molecule has 4 atom stereocenters. The third-order valence-electron chi connectivity index (χ3n) is 4.39. The lowest BCUT2D eigenvalue weighted by Crippen LogP contribution is -2.42. The van der Waals surface area contributed by atoms with Crippen molar-refractivity contribution in [1.29, 1.82) is 0 Å². The van der Waals surface area contributed by atoms with Crippen LogP contribution in [-0.2, 0) is 0 Å². The molecule has 1 aromatic rings. The minimum Gasteiger partial charge on any atom is -0.493 e. The normalized spacial score (nSPS) is 34.4. The molecule has 2 aliphatic rings. The topological polar surface area (TPSA) is 41.5 Å². The van der Waals surface area contributed by atoms with Gasteiger partial charge in [-0.15, -0.1) is 0 Å². The van der Waals surface area contributed by atoms with Crippen molar-refractivity contribution < 1.29 is 9.84 Å². The van der Waals surface area contributed by atoms with Crippen molar-refractivity contribution in [3.05, 3.63) is 29.8 Å². The Morgan fingerprint density at radius 1 is 1.26 bits per heavy atom. The zero-order valence-electron chi connectivity index (χ0n) is 11.5. The van der Waals surface area contributed by atoms with Gasteiger partial charge in [0.1, 0.15) is 5.75 Å². The Kier molecular flexibility index (Phi) is 3.76. The molecule has 1 aliphatic carbocycles. The molecule has 3 heteroatoms. The van der Waals surface area contributed by atoms with Crippen LogP contribution < -0.4 is 10.1 Å². The molecule has 3 nitrogen and oxygen atoms in total. The van der Waals surface area contributed by atoms with Crippen molar-refractivity contribution in [1.82, 2.24) is 5.32 Å². The Labute approximate surface area is 115 Å². The van der Waals surface area contributed by atoms with Crippen LogP contribution in [0.4, 0.5) is 0 Å². The summed E-state index contributed by atoms with van der Waals surface area (Å²) >= 11 is 0. The summed E-state index contributed by atoms with van der Waals surface area (Å²) in [5.41, 5.74) is 1.27. The molecule has 1 aliphatic heterocycles. The number of ether oxygens (including phenoxy) is 1. The van der Waals surface area contributed by atoms with Gasteiger partial charge in [-0.3, -0.25) is 0 Å². The van der Waals surface area contributed by atoms with Gasteiger partial charge in [-0.25, -0.2) is 0 Å². The molecule has 4 unspecified atom stereocenters. The average Bonchev–Trinajstić information content (AvgIpc) is 2.42. The molecular formula is C16H23NO2. The number of rotatable bonds is 2. The largest absolute Gasteiger partial charge is 0.493 e. The van der Waals surface area contributed by atoms with Crippen molar-refractivity contribution in [2.45, 2.75) is 50.8 Å². The zero-order valence-corrected chi connectivity index (χ0v) is 11.5. The fourth-order valence-corrected chi connectivity index (χ4v) is 3.32. The molecule has 0 aromatic heterocycles. The Hall–Kier alpha value is -1.06. The Morgan fingerprint density at radius 2 is 2.11 bits per heavy atom. The molecule has 1 saturated carbocycles. The lowest BCUT2D eigenvalue weighted by molar-refractivity contribution is 0.0988. The van der Waals surface area contributed by atoms with Crippen molar-refractivity contribution in [2.75, 3.05) is 6.61 Å². The first-order valence-electron chi connectivity index (χ1n) is 7.40.